The maximum absolute atomic E-state index is 12.9. The van der Waals surface area contributed by atoms with Crippen LogP contribution in [0.5, 0.6) is 0 Å². The lowest BCUT2D eigenvalue weighted by Gasteiger charge is -2.40. The van der Waals surface area contributed by atoms with E-state index in [9.17, 15) is 37.9 Å². The molecule has 1 fully saturated rings. The zero-order valence-electron chi connectivity index (χ0n) is 39.7. The van der Waals surface area contributed by atoms with Gasteiger partial charge in [0, 0.05) is 12.8 Å². The molecule has 0 aromatic heterocycles. The van der Waals surface area contributed by atoms with Crippen LogP contribution >= 0.6 is 0 Å². The summed E-state index contributed by atoms with van der Waals surface area (Å²) >= 11 is 0. The molecule has 12 nitrogen and oxygen atoms in total. The molecule has 13 heteroatoms. The van der Waals surface area contributed by atoms with Gasteiger partial charge in [0.1, 0.15) is 36.8 Å². The first-order chi connectivity index (χ1) is 30.5. The fraction of sp³-hybridized carbons (Fsp3) is 0.880. The number of ether oxygens (including phenoxy) is 4. The van der Waals surface area contributed by atoms with Gasteiger partial charge in [0.2, 0.25) is 0 Å². The monoisotopic (exact) mass is 917 g/mol. The Kier molecular flexibility index (Phi) is 37.9. The SMILES string of the molecule is CCCC/C=C/C/C=C/CCCCCCCC(=O)OC[C@H](CO[C@H]1O[C@H](CS(=O)(=O)O)[C@@H](O)C(O)C1O)OC(=O)CCCCCCCCCCCCCCCCCCCCCCC. The van der Waals surface area contributed by atoms with E-state index in [4.69, 9.17) is 18.9 Å². The minimum Gasteiger partial charge on any atom is -0.462 e. The van der Waals surface area contributed by atoms with Crippen LogP contribution in [-0.2, 0) is 38.7 Å². The maximum atomic E-state index is 12.9. The van der Waals surface area contributed by atoms with Gasteiger partial charge in [-0.1, -0.05) is 199 Å². The van der Waals surface area contributed by atoms with E-state index < -0.39 is 71.2 Å². The average molecular weight is 917 g/mol. The summed E-state index contributed by atoms with van der Waals surface area (Å²) in [6.07, 6.45) is 36.5. The van der Waals surface area contributed by atoms with Crippen molar-refractivity contribution in [3.8, 4) is 0 Å². The predicted octanol–water partition coefficient (Wildman–Crippen LogP) is 11.2. The Morgan fingerprint density at radius 3 is 1.44 bits per heavy atom. The lowest BCUT2D eigenvalue weighted by molar-refractivity contribution is -0.297. The zero-order valence-corrected chi connectivity index (χ0v) is 40.5. The molecule has 2 unspecified atom stereocenters. The van der Waals surface area contributed by atoms with Crippen LogP contribution in [0.1, 0.15) is 226 Å². The molecule has 0 aromatic carbocycles. The summed E-state index contributed by atoms with van der Waals surface area (Å²) in [7, 11) is -4.60. The summed E-state index contributed by atoms with van der Waals surface area (Å²) in [6.45, 7) is 3.74. The van der Waals surface area contributed by atoms with Gasteiger partial charge in [0.25, 0.3) is 10.1 Å². The van der Waals surface area contributed by atoms with Crippen LogP contribution in [0.25, 0.3) is 0 Å². The summed E-state index contributed by atoms with van der Waals surface area (Å²) in [4.78, 5) is 25.5. The van der Waals surface area contributed by atoms with Crippen LogP contribution in [0.3, 0.4) is 0 Å². The molecule has 6 atom stereocenters. The molecule has 1 aliphatic rings. The Balaban J connectivity index is 2.36. The molecule has 1 heterocycles. The van der Waals surface area contributed by atoms with Crippen molar-refractivity contribution in [2.45, 2.75) is 263 Å². The number of unbranched alkanes of at least 4 members (excludes halogenated alkanes) is 27. The number of allylic oxidation sites excluding steroid dienone is 4. The molecule has 4 N–H and O–H groups in total. The molecule has 370 valence electrons. The first-order valence-corrected chi connectivity index (χ1v) is 27.0. The minimum atomic E-state index is -4.60. The van der Waals surface area contributed by atoms with Gasteiger partial charge in [0.15, 0.2) is 12.4 Å². The molecule has 1 saturated heterocycles. The van der Waals surface area contributed by atoms with Crippen molar-refractivity contribution in [3.05, 3.63) is 24.3 Å². The van der Waals surface area contributed by atoms with Gasteiger partial charge in [-0.15, -0.1) is 0 Å². The van der Waals surface area contributed by atoms with E-state index in [1.807, 2.05) is 0 Å². The molecule has 0 saturated carbocycles. The summed E-state index contributed by atoms with van der Waals surface area (Å²) in [5.74, 6) is -1.99. The molecule has 0 aliphatic carbocycles. The molecule has 1 aliphatic heterocycles. The van der Waals surface area contributed by atoms with Gasteiger partial charge in [-0.3, -0.25) is 14.1 Å². The van der Waals surface area contributed by atoms with Gasteiger partial charge in [-0.2, -0.15) is 8.42 Å². The van der Waals surface area contributed by atoms with Crippen molar-refractivity contribution in [1.29, 1.82) is 0 Å². The fourth-order valence-electron chi connectivity index (χ4n) is 7.81. The Bertz CT molecular complexity index is 1260. The van der Waals surface area contributed by atoms with Crippen molar-refractivity contribution in [3.63, 3.8) is 0 Å². The smallest absolute Gasteiger partial charge is 0.306 e. The fourth-order valence-corrected chi connectivity index (χ4v) is 8.50. The highest BCUT2D eigenvalue weighted by molar-refractivity contribution is 7.85. The first-order valence-electron chi connectivity index (χ1n) is 25.4. The highest BCUT2D eigenvalue weighted by Crippen LogP contribution is 2.24. The number of carbonyl (C=O) groups is 2. The van der Waals surface area contributed by atoms with Crippen LogP contribution in [0.2, 0.25) is 0 Å². The van der Waals surface area contributed by atoms with E-state index in [1.165, 1.54) is 122 Å². The quantitative estimate of drug-likeness (QED) is 0.0197. The van der Waals surface area contributed by atoms with Crippen LogP contribution < -0.4 is 0 Å². The molecule has 1 rings (SSSR count). The summed E-state index contributed by atoms with van der Waals surface area (Å²) < 4.78 is 54.2. The van der Waals surface area contributed by atoms with Crippen molar-refractivity contribution < 1.29 is 56.8 Å². The molecule has 0 spiro atoms. The van der Waals surface area contributed by atoms with Crippen molar-refractivity contribution in [2.75, 3.05) is 19.0 Å². The van der Waals surface area contributed by atoms with Crippen LogP contribution in [0.15, 0.2) is 24.3 Å². The van der Waals surface area contributed by atoms with E-state index in [-0.39, 0.29) is 19.4 Å². The molecule has 0 radical (unpaired) electrons. The lowest BCUT2D eigenvalue weighted by Crippen LogP contribution is -2.60. The number of hydrogen-bond acceptors (Lipinski definition) is 11. The number of carbonyl (C=O) groups excluding carboxylic acids is 2. The summed E-state index contributed by atoms with van der Waals surface area (Å²) in [6, 6.07) is 0. The van der Waals surface area contributed by atoms with Gasteiger partial charge in [-0.25, -0.2) is 0 Å². The number of aliphatic hydroxyl groups excluding tert-OH is 3. The van der Waals surface area contributed by atoms with Crippen molar-refractivity contribution >= 4 is 22.1 Å². The number of hydrogen-bond donors (Lipinski definition) is 4. The second kappa shape index (κ2) is 40.4. The normalized spacial score (nSPS) is 19.9. The van der Waals surface area contributed by atoms with E-state index in [0.717, 1.165) is 64.2 Å². The number of rotatable bonds is 43. The van der Waals surface area contributed by atoms with Crippen LogP contribution in [0.4, 0.5) is 0 Å². The number of esters is 2. The largest absolute Gasteiger partial charge is 0.462 e. The second-order valence-corrected chi connectivity index (χ2v) is 19.3. The second-order valence-electron chi connectivity index (χ2n) is 17.8. The molecule has 0 aromatic rings. The van der Waals surface area contributed by atoms with Gasteiger partial charge in [0.05, 0.1) is 6.61 Å². The van der Waals surface area contributed by atoms with Gasteiger partial charge < -0.3 is 34.3 Å². The Hall–Kier alpha value is -1.87. The predicted molar refractivity (Wildman–Crippen MR) is 252 cm³/mol. The van der Waals surface area contributed by atoms with Crippen molar-refractivity contribution in [1.82, 2.24) is 0 Å². The highest BCUT2D eigenvalue weighted by atomic mass is 32.2. The summed E-state index contributed by atoms with van der Waals surface area (Å²) in [5, 5.41) is 30.9. The Morgan fingerprint density at radius 1 is 0.540 bits per heavy atom. The van der Waals surface area contributed by atoms with Gasteiger partial charge in [-0.05, 0) is 38.5 Å². The molecule has 63 heavy (non-hydrogen) atoms. The standard InChI is InChI=1S/C50H92O12S/c1-3-5-7-9-11-13-15-17-19-20-21-22-23-24-25-27-29-31-33-35-37-39-46(52)61-43(41-60-50-49(55)48(54)47(53)44(62-50)42-63(56,57)58)40-59-45(51)38-36-34-32-30-28-26-18-16-14-12-10-8-6-4-2/h10,12,16,18,43-44,47-50,53-55H,3-9,11,13-15,17,19-42H2,1-2H3,(H,56,57,58)/b12-10+,18-16+/t43-,44-,47-,48?,49?,50+/m1/s1. The third-order valence-corrected chi connectivity index (χ3v) is 12.5. The van der Waals surface area contributed by atoms with E-state index >= 15 is 0 Å². The minimum absolute atomic E-state index is 0.166. The van der Waals surface area contributed by atoms with E-state index in [2.05, 4.69) is 38.2 Å². The van der Waals surface area contributed by atoms with Crippen LogP contribution in [0, 0.1) is 0 Å². The molecule has 0 bridgehead atoms. The molecular weight excluding hydrogens is 825 g/mol. The van der Waals surface area contributed by atoms with Crippen LogP contribution in [-0.4, -0.2) is 96.0 Å². The molecular formula is C50H92O12S. The third-order valence-electron chi connectivity index (χ3n) is 11.8. The summed E-state index contributed by atoms with van der Waals surface area (Å²) in [5.41, 5.74) is 0. The average Bonchev–Trinajstić information content (AvgIpc) is 3.25. The topological polar surface area (TPSA) is 186 Å². The first kappa shape index (κ1) is 59.1. The van der Waals surface area contributed by atoms with Crippen molar-refractivity contribution in [2.24, 2.45) is 0 Å². The maximum Gasteiger partial charge on any atom is 0.306 e. The van der Waals surface area contributed by atoms with E-state index in [1.54, 1.807) is 0 Å². The highest BCUT2D eigenvalue weighted by Gasteiger charge is 2.46. The lowest BCUT2D eigenvalue weighted by atomic mass is 10.00. The zero-order chi connectivity index (χ0) is 46.2. The third kappa shape index (κ3) is 35.1. The number of aliphatic hydroxyl groups is 3. The Morgan fingerprint density at radius 2 is 0.968 bits per heavy atom. The van der Waals surface area contributed by atoms with E-state index in [0.29, 0.717) is 12.8 Å². The Labute approximate surface area is 383 Å². The van der Waals surface area contributed by atoms with Gasteiger partial charge >= 0.3 is 11.9 Å². The molecule has 0 amide bonds.